The fourth-order valence-electron chi connectivity index (χ4n) is 3.39. The van der Waals surface area contributed by atoms with Crippen LogP contribution in [0.15, 0.2) is 18.6 Å². The Bertz CT molecular complexity index is 419. The first-order chi connectivity index (χ1) is 9.83. The van der Waals surface area contributed by atoms with Crippen molar-refractivity contribution in [1.82, 2.24) is 15.4 Å². The second-order valence-corrected chi connectivity index (χ2v) is 6.90. The minimum absolute atomic E-state index is 0.0797. The maximum atomic E-state index is 6.15. The van der Waals surface area contributed by atoms with Gasteiger partial charge in [0.1, 0.15) is 6.33 Å². The predicted molar refractivity (Wildman–Crippen MR) is 80.1 cm³/mol. The third kappa shape index (κ3) is 2.98. The van der Waals surface area contributed by atoms with Crippen molar-refractivity contribution in [1.29, 1.82) is 0 Å². The van der Waals surface area contributed by atoms with Gasteiger partial charge >= 0.3 is 0 Å². The molecular weight excluding hydrogens is 272 g/mol. The molecule has 2 saturated heterocycles. The summed E-state index contributed by atoms with van der Waals surface area (Å²) in [6.45, 7) is 0.832. The smallest absolute Gasteiger partial charge is 0.115 e. The molecule has 110 valence electrons. The number of ether oxygens (including phenoxy) is 1. The molecule has 2 aliphatic heterocycles. The number of nitrogens with one attached hydrogen (secondary N) is 1. The van der Waals surface area contributed by atoms with Gasteiger partial charge in [-0.3, -0.25) is 11.3 Å². The molecule has 2 atom stereocenters. The van der Waals surface area contributed by atoms with E-state index < -0.39 is 0 Å². The van der Waals surface area contributed by atoms with Gasteiger partial charge in [-0.25, -0.2) is 9.97 Å². The quantitative estimate of drug-likeness (QED) is 0.652. The summed E-state index contributed by atoms with van der Waals surface area (Å²) in [6, 6.07) is 2.04. The van der Waals surface area contributed by atoms with Crippen LogP contribution < -0.4 is 11.3 Å². The molecule has 1 aromatic rings. The number of nitrogens with two attached hydrogens (primary N) is 1. The minimum atomic E-state index is 0.0797. The van der Waals surface area contributed by atoms with E-state index in [0.29, 0.717) is 5.92 Å². The van der Waals surface area contributed by atoms with Crippen LogP contribution in [-0.2, 0) is 4.74 Å². The van der Waals surface area contributed by atoms with Crippen molar-refractivity contribution in [3.8, 4) is 0 Å². The van der Waals surface area contributed by atoms with Crippen molar-refractivity contribution in [2.24, 2.45) is 11.8 Å². The van der Waals surface area contributed by atoms with E-state index in [1.54, 1.807) is 12.5 Å². The monoisotopic (exact) mass is 294 g/mol. The van der Waals surface area contributed by atoms with E-state index in [-0.39, 0.29) is 11.6 Å². The summed E-state index contributed by atoms with van der Waals surface area (Å²) >= 11 is 2.03. The van der Waals surface area contributed by atoms with Gasteiger partial charge < -0.3 is 4.74 Å². The third-order valence-corrected chi connectivity index (χ3v) is 5.50. The number of aromatic nitrogens is 2. The molecule has 5 nitrogen and oxygen atoms in total. The van der Waals surface area contributed by atoms with E-state index in [1.165, 1.54) is 11.5 Å². The number of nitrogens with zero attached hydrogens (tertiary/aromatic N) is 2. The largest absolute Gasteiger partial charge is 0.375 e. The molecule has 20 heavy (non-hydrogen) atoms. The van der Waals surface area contributed by atoms with Gasteiger partial charge in [-0.2, -0.15) is 11.8 Å². The van der Waals surface area contributed by atoms with E-state index in [9.17, 15) is 0 Å². The van der Waals surface area contributed by atoms with Crippen LogP contribution in [0.2, 0.25) is 0 Å². The second kappa shape index (κ2) is 6.39. The zero-order valence-corrected chi connectivity index (χ0v) is 12.4. The van der Waals surface area contributed by atoms with Gasteiger partial charge in [-0.15, -0.1) is 0 Å². The van der Waals surface area contributed by atoms with E-state index in [2.05, 4.69) is 15.4 Å². The summed E-state index contributed by atoms with van der Waals surface area (Å²) < 4.78 is 6.15. The molecule has 2 fully saturated rings. The Morgan fingerprint density at radius 2 is 2.30 bits per heavy atom. The molecule has 0 aromatic carbocycles. The fourth-order valence-corrected chi connectivity index (χ4v) is 4.63. The third-order valence-electron chi connectivity index (χ3n) is 4.51. The lowest BCUT2D eigenvalue weighted by Crippen LogP contribution is -2.46. The van der Waals surface area contributed by atoms with Crippen LogP contribution in [0, 0.1) is 5.92 Å². The Hall–Kier alpha value is -0.690. The van der Waals surface area contributed by atoms with Crippen molar-refractivity contribution in [3.63, 3.8) is 0 Å². The molecule has 0 amide bonds. The lowest BCUT2D eigenvalue weighted by Gasteiger charge is -2.45. The van der Waals surface area contributed by atoms with Gasteiger partial charge in [0.2, 0.25) is 0 Å². The van der Waals surface area contributed by atoms with E-state index in [1.807, 2.05) is 17.8 Å². The van der Waals surface area contributed by atoms with E-state index in [4.69, 9.17) is 10.6 Å². The number of thioether (sulfide) groups is 1. The Kier molecular flexibility index (Phi) is 4.55. The predicted octanol–water partition coefficient (Wildman–Crippen LogP) is 1.67. The Balaban J connectivity index is 1.75. The molecule has 1 aromatic heterocycles. The zero-order valence-electron chi connectivity index (χ0n) is 11.6. The summed E-state index contributed by atoms with van der Waals surface area (Å²) in [5, 5.41) is 0. The highest BCUT2D eigenvalue weighted by atomic mass is 32.2. The summed E-state index contributed by atoms with van der Waals surface area (Å²) in [5.41, 5.74) is 4.02. The standard InChI is InChI=1S/C14H22N4OS/c15-18-13(12-1-5-16-10-17-12)11-2-6-19-14(9-11)3-7-20-8-4-14/h1,5,10-11,13,18H,2-4,6-9,15H2. The van der Waals surface area contributed by atoms with Gasteiger partial charge in [-0.1, -0.05) is 0 Å². The number of rotatable bonds is 3. The van der Waals surface area contributed by atoms with E-state index in [0.717, 1.165) is 38.0 Å². The first kappa shape index (κ1) is 14.3. The average Bonchev–Trinajstić information content (AvgIpc) is 2.50. The van der Waals surface area contributed by atoms with Crippen LogP contribution in [0.4, 0.5) is 0 Å². The van der Waals surface area contributed by atoms with Gasteiger partial charge in [0.25, 0.3) is 0 Å². The van der Waals surface area contributed by atoms with E-state index >= 15 is 0 Å². The van der Waals surface area contributed by atoms with Gasteiger partial charge in [0.15, 0.2) is 0 Å². The molecule has 0 radical (unpaired) electrons. The van der Waals surface area contributed by atoms with Crippen LogP contribution >= 0.6 is 11.8 Å². The summed E-state index contributed by atoms with van der Waals surface area (Å²) in [6.07, 6.45) is 7.80. The van der Waals surface area contributed by atoms with Crippen molar-refractivity contribution in [2.75, 3.05) is 18.1 Å². The summed E-state index contributed by atoms with van der Waals surface area (Å²) in [4.78, 5) is 8.34. The van der Waals surface area contributed by atoms with Crippen LogP contribution in [-0.4, -0.2) is 33.7 Å². The van der Waals surface area contributed by atoms with Gasteiger partial charge in [0.05, 0.1) is 17.3 Å². The molecule has 3 heterocycles. The van der Waals surface area contributed by atoms with Crippen LogP contribution in [0.25, 0.3) is 0 Å². The van der Waals surface area contributed by atoms with Crippen LogP contribution in [0.3, 0.4) is 0 Å². The van der Waals surface area contributed by atoms with Crippen molar-refractivity contribution in [2.45, 2.75) is 37.3 Å². The summed E-state index contributed by atoms with van der Waals surface area (Å²) in [7, 11) is 0. The topological polar surface area (TPSA) is 73.1 Å². The molecule has 0 bridgehead atoms. The Labute approximate surface area is 124 Å². The van der Waals surface area contributed by atoms with Crippen molar-refractivity contribution < 1.29 is 4.74 Å². The number of hydrazine groups is 1. The molecule has 0 saturated carbocycles. The molecule has 2 aliphatic rings. The number of hydrogen-bond donors (Lipinski definition) is 2. The molecule has 1 spiro atoms. The highest BCUT2D eigenvalue weighted by molar-refractivity contribution is 7.99. The average molecular weight is 294 g/mol. The first-order valence-electron chi connectivity index (χ1n) is 7.27. The highest BCUT2D eigenvalue weighted by Gasteiger charge is 2.41. The molecule has 2 unspecified atom stereocenters. The maximum absolute atomic E-state index is 6.15. The van der Waals surface area contributed by atoms with Gasteiger partial charge in [0, 0.05) is 12.8 Å². The normalized spacial score (nSPS) is 27.4. The van der Waals surface area contributed by atoms with Gasteiger partial charge in [-0.05, 0) is 49.2 Å². The molecule has 3 N–H and O–H groups in total. The van der Waals surface area contributed by atoms with Crippen molar-refractivity contribution >= 4 is 11.8 Å². The molecular formula is C14H22N4OS. The zero-order chi connectivity index (χ0) is 13.8. The van der Waals surface area contributed by atoms with Crippen LogP contribution in [0.1, 0.15) is 37.4 Å². The highest BCUT2D eigenvalue weighted by Crippen LogP contribution is 2.43. The van der Waals surface area contributed by atoms with Crippen LogP contribution in [0.5, 0.6) is 0 Å². The molecule has 6 heteroatoms. The lowest BCUT2D eigenvalue weighted by atomic mass is 9.78. The molecule has 3 rings (SSSR count). The summed E-state index contributed by atoms with van der Waals surface area (Å²) in [5.74, 6) is 8.70. The lowest BCUT2D eigenvalue weighted by molar-refractivity contribution is -0.107. The fraction of sp³-hybridized carbons (Fsp3) is 0.714. The Morgan fingerprint density at radius 1 is 1.45 bits per heavy atom. The van der Waals surface area contributed by atoms with Crippen molar-refractivity contribution in [3.05, 3.63) is 24.3 Å². The second-order valence-electron chi connectivity index (χ2n) is 5.68. The number of hydrogen-bond acceptors (Lipinski definition) is 6. The molecule has 0 aliphatic carbocycles. The first-order valence-corrected chi connectivity index (χ1v) is 8.42. The minimum Gasteiger partial charge on any atom is -0.375 e. The Morgan fingerprint density at radius 3 is 3.00 bits per heavy atom. The maximum Gasteiger partial charge on any atom is 0.115 e. The SMILES string of the molecule is NNC(c1ccncn1)C1CCOC2(CCSCC2)C1.